The number of amides is 4. The van der Waals surface area contributed by atoms with Gasteiger partial charge in [-0.1, -0.05) is 33.8 Å². The molecule has 4 fully saturated rings. The number of hydrogen-bond donors (Lipinski definition) is 2. The van der Waals surface area contributed by atoms with E-state index in [4.69, 9.17) is 14.2 Å². The summed E-state index contributed by atoms with van der Waals surface area (Å²) in [5.41, 5.74) is 1.29. The Bertz CT molecular complexity index is 2240. The molecule has 0 radical (unpaired) electrons. The van der Waals surface area contributed by atoms with E-state index in [0.29, 0.717) is 59.3 Å². The number of rotatable bonds is 13. The first-order valence-electron chi connectivity index (χ1n) is 21.9. The van der Waals surface area contributed by atoms with Gasteiger partial charge in [-0.25, -0.2) is 9.97 Å². The van der Waals surface area contributed by atoms with Crippen LogP contribution in [0.15, 0.2) is 48.8 Å². The molecule has 0 bridgehead atoms. The second-order valence-electron chi connectivity index (χ2n) is 19.0. The number of aromatic nitrogens is 2. The molecule has 5 aliphatic rings. The van der Waals surface area contributed by atoms with Gasteiger partial charge in [-0.3, -0.25) is 29.4 Å². The van der Waals surface area contributed by atoms with Crippen LogP contribution in [0.5, 0.6) is 17.2 Å². The van der Waals surface area contributed by atoms with Crippen molar-refractivity contribution >= 4 is 29.4 Å². The van der Waals surface area contributed by atoms with Gasteiger partial charge in [-0.2, -0.15) is 5.26 Å². The van der Waals surface area contributed by atoms with Gasteiger partial charge in [0, 0.05) is 85.0 Å². The third-order valence-electron chi connectivity index (χ3n) is 14.0. The Kier molecular flexibility index (Phi) is 11.7. The van der Waals surface area contributed by atoms with Crippen molar-refractivity contribution < 1.29 is 33.4 Å². The maximum Gasteiger partial charge on any atom is 0.271 e. The fourth-order valence-corrected chi connectivity index (χ4v) is 10.8. The average Bonchev–Trinajstić information content (AvgIpc) is 3.58. The molecule has 15 heteroatoms. The fourth-order valence-electron chi connectivity index (χ4n) is 10.8. The zero-order chi connectivity index (χ0) is 44.1. The van der Waals surface area contributed by atoms with E-state index in [9.17, 15) is 24.4 Å². The average molecular weight is 847 g/mol. The number of ether oxygens (including phenoxy) is 3. The quantitative estimate of drug-likeness (QED) is 0.214. The Balaban J connectivity index is 0.801. The minimum Gasteiger partial charge on any atom is -0.495 e. The van der Waals surface area contributed by atoms with Crippen molar-refractivity contribution in [3.8, 4) is 23.3 Å². The van der Waals surface area contributed by atoms with Crippen LogP contribution in [-0.4, -0.2) is 107 Å². The number of imide groups is 1. The smallest absolute Gasteiger partial charge is 0.271 e. The van der Waals surface area contributed by atoms with E-state index in [1.165, 1.54) is 7.11 Å². The molecule has 1 atom stereocenters. The molecule has 4 amide bonds. The molecule has 0 spiro atoms. The van der Waals surface area contributed by atoms with Crippen LogP contribution in [-0.2, 0) is 16.1 Å². The lowest BCUT2D eigenvalue weighted by Crippen LogP contribution is -2.74. The van der Waals surface area contributed by atoms with Crippen LogP contribution in [0.2, 0.25) is 0 Å². The van der Waals surface area contributed by atoms with Gasteiger partial charge in [-0.15, -0.1) is 0 Å². The molecule has 62 heavy (non-hydrogen) atoms. The molecule has 0 unspecified atom stereocenters. The summed E-state index contributed by atoms with van der Waals surface area (Å²) in [5.74, 6) is 1.88. The molecule has 2 N–H and O–H groups in total. The number of nitrogens with zero attached hydrogens (tertiary/aromatic N) is 6. The maximum atomic E-state index is 13.5. The van der Waals surface area contributed by atoms with E-state index in [-0.39, 0.29) is 48.1 Å². The summed E-state index contributed by atoms with van der Waals surface area (Å²) in [6.07, 6.45) is 7.51. The normalized spacial score (nSPS) is 25.4. The highest BCUT2D eigenvalue weighted by molar-refractivity contribution is 6.05. The molecule has 1 aromatic heterocycles. The topological polar surface area (TPSA) is 179 Å². The van der Waals surface area contributed by atoms with Gasteiger partial charge >= 0.3 is 0 Å². The van der Waals surface area contributed by atoms with Gasteiger partial charge in [0.25, 0.3) is 11.8 Å². The lowest BCUT2D eigenvalue weighted by molar-refractivity contribution is -0.164. The van der Waals surface area contributed by atoms with Crippen LogP contribution in [0.25, 0.3) is 0 Å². The van der Waals surface area contributed by atoms with Crippen LogP contribution in [0.3, 0.4) is 0 Å². The SMILES string of the molecule is COc1cc(OC2C(C)(C)C(NC(=O)c3cnc(N4CCC(CN(C(C)C)C5CC(Oc6cccc7c6CN([C@@H]6CCC(=O)NC6=O)C7=O)C5)CC4)cn3)C2(C)C)ccc1C#N. The summed E-state index contributed by atoms with van der Waals surface area (Å²) in [5, 5.41) is 14.9. The van der Waals surface area contributed by atoms with Crippen molar-refractivity contribution in [2.75, 3.05) is 31.6 Å². The van der Waals surface area contributed by atoms with E-state index in [1.807, 2.05) is 12.1 Å². The van der Waals surface area contributed by atoms with Crippen LogP contribution >= 0.6 is 0 Å². The zero-order valence-electron chi connectivity index (χ0n) is 36.8. The predicted octanol–water partition coefficient (Wildman–Crippen LogP) is 5.27. The van der Waals surface area contributed by atoms with Gasteiger partial charge in [0.05, 0.1) is 31.6 Å². The Labute approximate surface area is 363 Å². The lowest BCUT2D eigenvalue weighted by atomic mass is 9.49. The Morgan fingerprint density at radius 3 is 2.39 bits per heavy atom. The number of methoxy groups -OCH3 is 1. The Morgan fingerprint density at radius 1 is 1.00 bits per heavy atom. The van der Waals surface area contributed by atoms with E-state index in [0.717, 1.165) is 56.7 Å². The standard InChI is InChI=1S/C47H58N8O7/c1-27(2)54(30-19-32(20-30)61-37-10-8-9-33-34(37)26-55(43(33)59)36-13-14-40(56)51-42(36)58)25-28-15-17-53(18-16-28)39-24-49-35(23-50-39)41(57)52-44-46(3,4)45(47(44,5)6)62-31-12-11-29(22-48)38(21-31)60-7/h8-12,21,23-24,27-28,30,32,36,44-45H,13-20,25-26H2,1-7H3,(H,52,57)(H,51,56,58)/t30?,32?,36-,44?,45?/m1/s1. The zero-order valence-corrected chi connectivity index (χ0v) is 36.8. The molecule has 2 aromatic carbocycles. The number of piperidine rings is 2. The molecule has 8 rings (SSSR count). The number of carbonyl (C=O) groups excluding carboxylic acids is 4. The first-order chi connectivity index (χ1) is 29.6. The van der Waals surface area contributed by atoms with Crippen LogP contribution < -0.4 is 29.7 Å². The number of carbonyl (C=O) groups is 4. The van der Waals surface area contributed by atoms with Crippen molar-refractivity contribution in [2.24, 2.45) is 16.7 Å². The molecule has 2 aliphatic carbocycles. The number of hydrogen-bond acceptors (Lipinski definition) is 12. The van der Waals surface area contributed by atoms with Crippen LogP contribution in [0.1, 0.15) is 112 Å². The summed E-state index contributed by atoms with van der Waals surface area (Å²) in [7, 11) is 1.53. The summed E-state index contributed by atoms with van der Waals surface area (Å²) in [4.78, 5) is 66.7. The molecule has 4 heterocycles. The fraction of sp³-hybridized carbons (Fsp3) is 0.553. The second kappa shape index (κ2) is 16.8. The minimum absolute atomic E-state index is 0.0424. The number of nitrogens with one attached hydrogen (secondary N) is 2. The lowest BCUT2D eigenvalue weighted by Gasteiger charge is -2.63. The van der Waals surface area contributed by atoms with E-state index < -0.39 is 22.8 Å². The van der Waals surface area contributed by atoms with Crippen LogP contribution in [0, 0.1) is 28.1 Å². The Hall–Kier alpha value is -5.75. The Morgan fingerprint density at radius 2 is 1.74 bits per heavy atom. The summed E-state index contributed by atoms with van der Waals surface area (Å²) in [6, 6.07) is 12.8. The van der Waals surface area contributed by atoms with Crippen molar-refractivity contribution in [3.63, 3.8) is 0 Å². The van der Waals surface area contributed by atoms with E-state index in [1.54, 1.807) is 41.6 Å². The highest BCUT2D eigenvalue weighted by atomic mass is 16.5. The highest BCUT2D eigenvalue weighted by Gasteiger charge is 2.64. The van der Waals surface area contributed by atoms with Gasteiger partial charge < -0.3 is 29.3 Å². The number of benzene rings is 2. The van der Waals surface area contributed by atoms with Crippen molar-refractivity contribution in [1.29, 1.82) is 5.26 Å². The monoisotopic (exact) mass is 846 g/mol. The summed E-state index contributed by atoms with van der Waals surface area (Å²) >= 11 is 0. The van der Waals surface area contributed by atoms with Gasteiger partial charge in [0.2, 0.25) is 11.8 Å². The molecule has 3 aliphatic heterocycles. The second-order valence-corrected chi connectivity index (χ2v) is 19.0. The van der Waals surface area contributed by atoms with Crippen molar-refractivity contribution in [2.45, 2.75) is 123 Å². The molecule has 3 aromatic rings. The molecule has 2 saturated carbocycles. The largest absolute Gasteiger partial charge is 0.495 e. The highest BCUT2D eigenvalue weighted by Crippen LogP contribution is 2.55. The number of nitriles is 1. The predicted molar refractivity (Wildman–Crippen MR) is 230 cm³/mol. The van der Waals surface area contributed by atoms with E-state index >= 15 is 0 Å². The van der Waals surface area contributed by atoms with Gasteiger partial charge in [-0.05, 0) is 63.3 Å². The van der Waals surface area contributed by atoms with E-state index in [2.05, 4.69) is 78.0 Å². The summed E-state index contributed by atoms with van der Waals surface area (Å²) < 4.78 is 18.3. The first kappa shape index (κ1) is 42.9. The molecule has 15 nitrogen and oxygen atoms in total. The molecule has 2 saturated heterocycles. The first-order valence-corrected chi connectivity index (χ1v) is 21.9. The third-order valence-corrected chi connectivity index (χ3v) is 14.0. The summed E-state index contributed by atoms with van der Waals surface area (Å²) in [6.45, 7) is 15.8. The molecule has 328 valence electrons. The third kappa shape index (κ3) is 8.05. The van der Waals surface area contributed by atoms with Gasteiger partial charge in [0.1, 0.15) is 53.1 Å². The molecular formula is C47H58N8O7. The maximum absolute atomic E-state index is 13.5. The molecular weight excluding hydrogens is 789 g/mol. The van der Waals surface area contributed by atoms with Crippen LogP contribution in [0.4, 0.5) is 5.82 Å². The van der Waals surface area contributed by atoms with Crippen molar-refractivity contribution in [3.05, 3.63) is 71.2 Å². The van der Waals surface area contributed by atoms with Gasteiger partial charge in [0.15, 0.2) is 0 Å². The number of fused-ring (bicyclic) bond motifs is 1. The number of anilines is 1. The van der Waals surface area contributed by atoms with Crippen molar-refractivity contribution in [1.82, 2.24) is 30.4 Å². The minimum atomic E-state index is -0.656.